The molecule has 0 aliphatic heterocycles. The molecule has 0 radical (unpaired) electrons. The van der Waals surface area contributed by atoms with Gasteiger partial charge in [0.1, 0.15) is 11.5 Å². The average Bonchev–Trinajstić information content (AvgIpc) is 3.42. The normalized spacial score (nSPS) is 12.8. The molecule has 0 saturated heterocycles. The quantitative estimate of drug-likeness (QED) is 0.0663. The third-order valence-electron chi connectivity index (χ3n) is 7.89. The van der Waals surface area contributed by atoms with Crippen molar-refractivity contribution in [1.82, 2.24) is 19.9 Å². The number of fused-ring (bicyclic) bond motifs is 1. The van der Waals surface area contributed by atoms with E-state index in [9.17, 15) is 4.79 Å². The Morgan fingerprint density at radius 3 is 2.67 bits per heavy atom. The van der Waals surface area contributed by atoms with E-state index in [1.807, 2.05) is 43.3 Å². The molecule has 0 saturated carbocycles. The minimum atomic E-state index is -0.451. The number of benzene rings is 2. The molecule has 0 fully saturated rings. The molecule has 0 aliphatic carbocycles. The minimum absolute atomic E-state index is 0.0808. The SMILES string of the molecule is COCCOCc1cc(-n2cc3cc(-c4cc(CCC[C@H](C)N)cc(C)c4F)[nH]c3nc2=O)ccc1CN[C@@H](C)CCN=C(N)N. The number of rotatable bonds is 17. The molecule has 2 aromatic carbocycles. The summed E-state index contributed by atoms with van der Waals surface area (Å²) in [5.74, 6) is -0.220. The van der Waals surface area contributed by atoms with Gasteiger partial charge in [0, 0.05) is 49.4 Å². The van der Waals surface area contributed by atoms with Crippen LogP contribution in [-0.4, -0.2) is 59.4 Å². The molecule has 0 spiro atoms. The zero-order valence-electron chi connectivity index (χ0n) is 27.2. The van der Waals surface area contributed by atoms with Crippen molar-refractivity contribution in [2.75, 3.05) is 26.9 Å². The number of H-pyrrole nitrogens is 1. The number of hydrogen-bond donors (Lipinski definition) is 5. The standard InChI is InChI=1S/C34H47FN8O3/c1-21-14-24(7-5-6-22(2)36)15-29(31(21)35)30-17-26-19-43(34(44)42-32(26)41-30)28-9-8-25(27(16-28)20-46-13-12-45-4)18-40-23(3)10-11-39-33(37)38/h8-9,14-17,19,22-23,40H,5-7,10-13,18,20,36H2,1-4H3,(H4,37,38,39)(H,41,42,44)/t22-,23-/m0/s1. The summed E-state index contributed by atoms with van der Waals surface area (Å²) in [6, 6.07) is 11.7. The first-order valence-electron chi connectivity index (χ1n) is 15.7. The number of nitrogens with one attached hydrogen (secondary N) is 2. The van der Waals surface area contributed by atoms with Crippen LogP contribution in [0.1, 0.15) is 55.4 Å². The van der Waals surface area contributed by atoms with E-state index in [4.69, 9.17) is 26.7 Å². The monoisotopic (exact) mass is 634 g/mol. The van der Waals surface area contributed by atoms with Gasteiger partial charge >= 0.3 is 5.69 Å². The Morgan fingerprint density at radius 2 is 1.93 bits per heavy atom. The molecule has 2 aromatic heterocycles. The molecule has 11 nitrogen and oxygen atoms in total. The van der Waals surface area contributed by atoms with Gasteiger partial charge in [-0.3, -0.25) is 9.56 Å². The largest absolute Gasteiger partial charge is 0.382 e. The van der Waals surface area contributed by atoms with Gasteiger partial charge in [-0.25, -0.2) is 9.18 Å². The van der Waals surface area contributed by atoms with Crippen molar-refractivity contribution < 1.29 is 13.9 Å². The van der Waals surface area contributed by atoms with Crippen LogP contribution in [0.4, 0.5) is 4.39 Å². The third kappa shape index (κ3) is 9.46. The molecular formula is C34H47FN8O3. The highest BCUT2D eigenvalue weighted by molar-refractivity contribution is 5.83. The van der Waals surface area contributed by atoms with Crippen LogP contribution >= 0.6 is 0 Å². The lowest BCUT2D eigenvalue weighted by Gasteiger charge is -2.17. The fourth-order valence-electron chi connectivity index (χ4n) is 5.30. The first kappa shape index (κ1) is 34.8. The van der Waals surface area contributed by atoms with Gasteiger partial charge in [-0.2, -0.15) is 4.98 Å². The van der Waals surface area contributed by atoms with E-state index in [0.717, 1.165) is 42.4 Å². The predicted molar refractivity (Wildman–Crippen MR) is 182 cm³/mol. The number of hydrogen-bond acceptors (Lipinski definition) is 7. The van der Waals surface area contributed by atoms with Crippen molar-refractivity contribution >= 4 is 17.0 Å². The van der Waals surface area contributed by atoms with Gasteiger partial charge in [0.2, 0.25) is 0 Å². The van der Waals surface area contributed by atoms with Crippen LogP contribution in [0.3, 0.4) is 0 Å². The van der Waals surface area contributed by atoms with Gasteiger partial charge < -0.3 is 37.0 Å². The lowest BCUT2D eigenvalue weighted by atomic mass is 9.99. The Kier molecular flexibility index (Phi) is 12.4. The number of aliphatic imine (C=N–C) groups is 1. The van der Waals surface area contributed by atoms with Crippen molar-refractivity contribution in [3.63, 3.8) is 0 Å². The van der Waals surface area contributed by atoms with Crippen LogP contribution < -0.4 is 28.2 Å². The van der Waals surface area contributed by atoms with Gasteiger partial charge in [0.15, 0.2) is 5.96 Å². The van der Waals surface area contributed by atoms with E-state index in [1.165, 1.54) is 4.57 Å². The minimum Gasteiger partial charge on any atom is -0.382 e. The van der Waals surface area contributed by atoms with E-state index in [1.54, 1.807) is 20.2 Å². The second kappa shape index (κ2) is 16.5. The maximum Gasteiger partial charge on any atom is 0.354 e. The molecule has 0 aliphatic rings. The highest BCUT2D eigenvalue weighted by Crippen LogP contribution is 2.29. The number of aromatic amines is 1. The van der Waals surface area contributed by atoms with Gasteiger partial charge in [0.05, 0.1) is 31.2 Å². The van der Waals surface area contributed by atoms with E-state index < -0.39 is 5.69 Å². The second-order valence-electron chi connectivity index (χ2n) is 11.9. The molecule has 12 heteroatoms. The number of aromatic nitrogens is 3. The zero-order valence-corrected chi connectivity index (χ0v) is 27.2. The molecular weight excluding hydrogens is 587 g/mol. The molecule has 8 N–H and O–H groups in total. The molecule has 2 heterocycles. The lowest BCUT2D eigenvalue weighted by Crippen LogP contribution is -2.28. The summed E-state index contributed by atoms with van der Waals surface area (Å²) in [6.07, 6.45) is 5.13. The molecule has 4 rings (SSSR count). The molecule has 0 amide bonds. The summed E-state index contributed by atoms with van der Waals surface area (Å²) >= 11 is 0. The van der Waals surface area contributed by atoms with Crippen LogP contribution in [0.15, 0.2) is 52.4 Å². The van der Waals surface area contributed by atoms with Crippen molar-refractivity contribution in [3.05, 3.63) is 81.2 Å². The summed E-state index contributed by atoms with van der Waals surface area (Å²) in [7, 11) is 1.63. The summed E-state index contributed by atoms with van der Waals surface area (Å²) in [4.78, 5) is 24.8. The zero-order chi connectivity index (χ0) is 33.2. The number of nitrogens with zero attached hydrogens (tertiary/aromatic N) is 3. The average molecular weight is 635 g/mol. The van der Waals surface area contributed by atoms with Gasteiger partial charge in [-0.1, -0.05) is 12.1 Å². The Labute approximate surface area is 269 Å². The third-order valence-corrected chi connectivity index (χ3v) is 7.89. The highest BCUT2D eigenvalue weighted by atomic mass is 19.1. The fourth-order valence-corrected chi connectivity index (χ4v) is 5.30. The predicted octanol–water partition coefficient (Wildman–Crippen LogP) is 3.80. The maximum absolute atomic E-state index is 15.3. The van der Waals surface area contributed by atoms with Crippen LogP contribution in [0.25, 0.3) is 28.0 Å². The Balaban J connectivity index is 1.61. The fraction of sp³-hybridized carbons (Fsp3) is 0.441. The Hall–Kier alpha value is -4.10. The molecule has 4 aromatic rings. The van der Waals surface area contributed by atoms with Crippen LogP contribution in [-0.2, 0) is 29.0 Å². The molecule has 248 valence electrons. The second-order valence-corrected chi connectivity index (χ2v) is 11.9. The number of methoxy groups -OCH3 is 1. The molecule has 46 heavy (non-hydrogen) atoms. The molecule has 2 atom stereocenters. The molecule has 0 unspecified atom stereocenters. The molecule has 0 bridgehead atoms. The highest BCUT2D eigenvalue weighted by Gasteiger charge is 2.16. The van der Waals surface area contributed by atoms with Crippen LogP contribution in [0, 0.1) is 12.7 Å². The van der Waals surface area contributed by atoms with Crippen molar-refractivity contribution in [3.8, 4) is 16.9 Å². The first-order chi connectivity index (χ1) is 22.0. The van der Waals surface area contributed by atoms with Gasteiger partial charge in [-0.05, 0) is 93.0 Å². The van der Waals surface area contributed by atoms with Crippen molar-refractivity contribution in [1.29, 1.82) is 0 Å². The van der Waals surface area contributed by atoms with Crippen molar-refractivity contribution in [2.24, 2.45) is 22.2 Å². The van der Waals surface area contributed by atoms with E-state index >= 15 is 4.39 Å². The van der Waals surface area contributed by atoms with E-state index in [0.29, 0.717) is 66.5 Å². The van der Waals surface area contributed by atoms with Crippen LogP contribution in [0.5, 0.6) is 0 Å². The summed E-state index contributed by atoms with van der Waals surface area (Å²) in [5, 5.41) is 4.19. The smallest absolute Gasteiger partial charge is 0.354 e. The number of guanidine groups is 1. The first-order valence-corrected chi connectivity index (χ1v) is 15.7. The number of nitrogens with two attached hydrogens (primary N) is 3. The maximum atomic E-state index is 15.3. The summed E-state index contributed by atoms with van der Waals surface area (Å²) in [5.41, 5.74) is 22.0. The van der Waals surface area contributed by atoms with Gasteiger partial charge in [-0.15, -0.1) is 0 Å². The van der Waals surface area contributed by atoms with Crippen LogP contribution in [0.2, 0.25) is 0 Å². The Morgan fingerprint density at radius 1 is 1.13 bits per heavy atom. The number of aryl methyl sites for hydroxylation is 2. The topological polar surface area (TPSA) is 172 Å². The lowest BCUT2D eigenvalue weighted by molar-refractivity contribution is 0.0613. The number of halogens is 1. The summed E-state index contributed by atoms with van der Waals surface area (Å²) in [6.45, 7) is 8.20. The number of ether oxygens (including phenoxy) is 2. The van der Waals surface area contributed by atoms with E-state index in [2.05, 4.69) is 27.2 Å². The van der Waals surface area contributed by atoms with Crippen molar-refractivity contribution in [2.45, 2.75) is 71.7 Å². The summed E-state index contributed by atoms with van der Waals surface area (Å²) < 4.78 is 27.8. The van der Waals surface area contributed by atoms with Gasteiger partial charge in [0.25, 0.3) is 0 Å². The Bertz CT molecular complexity index is 1690. The van der Waals surface area contributed by atoms with E-state index in [-0.39, 0.29) is 23.9 Å².